The Morgan fingerprint density at radius 3 is 2.76 bits per heavy atom. The predicted molar refractivity (Wildman–Crippen MR) is 79.0 cm³/mol. The van der Waals surface area contributed by atoms with Gasteiger partial charge in [-0.25, -0.2) is 0 Å². The first kappa shape index (κ1) is 13.7. The van der Waals surface area contributed by atoms with E-state index in [0.717, 1.165) is 11.7 Å². The summed E-state index contributed by atoms with van der Waals surface area (Å²) in [6.07, 6.45) is 4.40. The number of nitrogens with one attached hydrogen (secondary N) is 1. The van der Waals surface area contributed by atoms with Crippen molar-refractivity contribution >= 4 is 38.1 Å². The largest absolute Gasteiger partial charge is 0.306 e. The summed E-state index contributed by atoms with van der Waals surface area (Å²) in [4.78, 5) is 1.40. The van der Waals surface area contributed by atoms with Crippen molar-refractivity contribution in [1.82, 2.24) is 5.32 Å². The lowest BCUT2D eigenvalue weighted by molar-refractivity contribution is 0.444. The summed E-state index contributed by atoms with van der Waals surface area (Å²) in [5.74, 6) is 1.50. The molecule has 96 valence electrons. The van der Waals surface area contributed by atoms with E-state index < -0.39 is 10.8 Å². The zero-order chi connectivity index (χ0) is 12.4. The van der Waals surface area contributed by atoms with Crippen molar-refractivity contribution in [3.8, 4) is 0 Å². The Hall–Kier alpha value is 0.290. The third-order valence-corrected chi connectivity index (χ3v) is 5.62. The molecular formula is C12H18BrNOS2. The molecule has 1 fully saturated rings. The topological polar surface area (TPSA) is 29.1 Å². The third-order valence-electron chi connectivity index (χ3n) is 2.94. The Morgan fingerprint density at radius 2 is 2.29 bits per heavy atom. The minimum Gasteiger partial charge on any atom is -0.306 e. The van der Waals surface area contributed by atoms with E-state index in [1.165, 1.54) is 21.5 Å². The molecule has 1 aliphatic rings. The minimum atomic E-state index is -0.724. The van der Waals surface area contributed by atoms with E-state index in [1.54, 1.807) is 17.6 Å². The molecule has 0 aliphatic heterocycles. The molecule has 1 aromatic heterocycles. The second kappa shape index (κ2) is 5.95. The van der Waals surface area contributed by atoms with Crippen molar-refractivity contribution in [2.24, 2.45) is 5.92 Å². The Bertz CT molecular complexity index is 403. The zero-order valence-corrected chi connectivity index (χ0v) is 13.3. The van der Waals surface area contributed by atoms with Gasteiger partial charge in [0.05, 0.1) is 3.79 Å². The summed E-state index contributed by atoms with van der Waals surface area (Å²) in [5, 5.41) is 3.64. The average molecular weight is 336 g/mol. The van der Waals surface area contributed by atoms with E-state index in [1.807, 2.05) is 0 Å². The van der Waals surface area contributed by atoms with Crippen LogP contribution in [0.1, 0.15) is 30.7 Å². The van der Waals surface area contributed by atoms with Gasteiger partial charge in [0.25, 0.3) is 0 Å². The Morgan fingerprint density at radius 1 is 1.59 bits per heavy atom. The number of hydrogen-bond donors (Lipinski definition) is 1. The van der Waals surface area contributed by atoms with Gasteiger partial charge in [0, 0.05) is 39.8 Å². The smallest absolute Gasteiger partial charge is 0.0701 e. The summed E-state index contributed by atoms with van der Waals surface area (Å²) in [6.45, 7) is 2.12. The summed E-state index contributed by atoms with van der Waals surface area (Å²) >= 11 is 5.32. The van der Waals surface area contributed by atoms with Crippen LogP contribution in [0, 0.1) is 5.92 Å². The zero-order valence-electron chi connectivity index (χ0n) is 10.1. The van der Waals surface area contributed by atoms with Gasteiger partial charge in [0.1, 0.15) is 0 Å². The molecule has 3 unspecified atom stereocenters. The maximum atomic E-state index is 11.2. The van der Waals surface area contributed by atoms with Gasteiger partial charge in [0.2, 0.25) is 0 Å². The summed E-state index contributed by atoms with van der Waals surface area (Å²) in [5.41, 5.74) is 0. The van der Waals surface area contributed by atoms with Gasteiger partial charge >= 0.3 is 0 Å². The molecule has 17 heavy (non-hydrogen) atoms. The van der Waals surface area contributed by atoms with Gasteiger partial charge in [-0.3, -0.25) is 4.21 Å². The lowest BCUT2D eigenvalue weighted by Crippen LogP contribution is -2.35. The van der Waals surface area contributed by atoms with Gasteiger partial charge < -0.3 is 5.32 Å². The number of hydrogen-bond acceptors (Lipinski definition) is 3. The molecule has 3 atom stereocenters. The normalized spacial score (nSPS) is 21.1. The lowest BCUT2D eigenvalue weighted by atomic mass is 10.1. The fourth-order valence-electron chi connectivity index (χ4n) is 2.08. The lowest BCUT2D eigenvalue weighted by Gasteiger charge is -2.21. The van der Waals surface area contributed by atoms with Crippen molar-refractivity contribution in [2.45, 2.75) is 31.8 Å². The van der Waals surface area contributed by atoms with Gasteiger partial charge in [0.15, 0.2) is 0 Å². The fourth-order valence-corrected chi connectivity index (χ4v) is 4.46. The molecule has 1 aromatic rings. The third kappa shape index (κ3) is 4.16. The molecule has 2 nitrogen and oxygen atoms in total. The molecule has 0 radical (unpaired) electrons. The molecule has 0 saturated heterocycles. The summed E-state index contributed by atoms with van der Waals surface area (Å²) < 4.78 is 12.4. The summed E-state index contributed by atoms with van der Waals surface area (Å²) in [7, 11) is -0.724. The van der Waals surface area contributed by atoms with Crippen LogP contribution in [0.2, 0.25) is 0 Å². The van der Waals surface area contributed by atoms with Crippen LogP contribution < -0.4 is 5.32 Å². The number of rotatable bonds is 6. The van der Waals surface area contributed by atoms with Crippen LogP contribution in [0.3, 0.4) is 0 Å². The van der Waals surface area contributed by atoms with E-state index in [2.05, 4.69) is 40.3 Å². The average Bonchev–Trinajstić information content (AvgIpc) is 2.97. The quantitative estimate of drug-likeness (QED) is 0.863. The van der Waals surface area contributed by atoms with Crippen LogP contribution >= 0.6 is 27.3 Å². The molecule has 1 aliphatic carbocycles. The molecule has 2 rings (SSSR count). The Kier molecular flexibility index (Phi) is 4.80. The molecule has 5 heteroatoms. The summed E-state index contributed by atoms with van der Waals surface area (Å²) in [6, 6.07) is 5.07. The van der Waals surface area contributed by atoms with Crippen LogP contribution in [0.4, 0.5) is 0 Å². The van der Waals surface area contributed by atoms with E-state index in [-0.39, 0.29) is 0 Å². The van der Waals surface area contributed by atoms with E-state index >= 15 is 0 Å². The molecule has 0 amide bonds. The SMILES string of the molecule is CC(CS(C)=O)NC(c1ccc(Br)s1)C1CC1. The molecule has 1 heterocycles. The molecule has 0 spiro atoms. The Labute approximate surface area is 118 Å². The highest BCUT2D eigenvalue weighted by Crippen LogP contribution is 2.43. The van der Waals surface area contributed by atoms with Crippen molar-refractivity contribution in [3.05, 3.63) is 20.8 Å². The monoisotopic (exact) mass is 335 g/mol. The maximum absolute atomic E-state index is 11.2. The minimum absolute atomic E-state index is 0.312. The van der Waals surface area contributed by atoms with Gasteiger partial charge in [-0.1, -0.05) is 0 Å². The molecule has 1 N–H and O–H groups in total. The van der Waals surface area contributed by atoms with Crippen molar-refractivity contribution < 1.29 is 4.21 Å². The van der Waals surface area contributed by atoms with Crippen LogP contribution in [-0.2, 0) is 10.8 Å². The van der Waals surface area contributed by atoms with Crippen LogP contribution in [-0.4, -0.2) is 22.3 Å². The molecule has 0 bridgehead atoms. The van der Waals surface area contributed by atoms with Crippen molar-refractivity contribution in [2.75, 3.05) is 12.0 Å². The Balaban J connectivity index is 2.00. The number of thiophene rings is 1. The molecule has 1 saturated carbocycles. The van der Waals surface area contributed by atoms with E-state index in [0.29, 0.717) is 12.1 Å². The van der Waals surface area contributed by atoms with Gasteiger partial charge in [-0.2, -0.15) is 0 Å². The van der Waals surface area contributed by atoms with Gasteiger partial charge in [-0.15, -0.1) is 11.3 Å². The predicted octanol–water partition coefficient (Wildman–Crippen LogP) is 3.32. The van der Waals surface area contributed by atoms with Crippen molar-refractivity contribution in [1.29, 1.82) is 0 Å². The standard InChI is InChI=1S/C12H18BrNOS2/c1-8(7-17(2)15)14-12(9-3-4-9)10-5-6-11(13)16-10/h5-6,8-9,12,14H,3-4,7H2,1-2H3. The van der Waals surface area contributed by atoms with Crippen molar-refractivity contribution in [3.63, 3.8) is 0 Å². The van der Waals surface area contributed by atoms with E-state index in [4.69, 9.17) is 0 Å². The maximum Gasteiger partial charge on any atom is 0.0701 e. The highest BCUT2D eigenvalue weighted by molar-refractivity contribution is 9.11. The second-order valence-corrected chi connectivity index (χ2v) is 8.74. The van der Waals surface area contributed by atoms with Crippen LogP contribution in [0.15, 0.2) is 15.9 Å². The number of halogens is 1. The first-order valence-electron chi connectivity index (χ1n) is 5.87. The van der Waals surface area contributed by atoms with Crippen LogP contribution in [0.25, 0.3) is 0 Å². The first-order valence-corrected chi connectivity index (χ1v) is 9.21. The molecule has 0 aromatic carbocycles. The molecular weight excluding hydrogens is 318 g/mol. The van der Waals surface area contributed by atoms with Gasteiger partial charge in [-0.05, 0) is 53.7 Å². The highest BCUT2D eigenvalue weighted by atomic mass is 79.9. The van der Waals surface area contributed by atoms with Crippen LogP contribution in [0.5, 0.6) is 0 Å². The van der Waals surface area contributed by atoms with E-state index in [9.17, 15) is 4.21 Å². The fraction of sp³-hybridized carbons (Fsp3) is 0.667. The second-order valence-electron chi connectivity index (χ2n) is 4.76. The first-order chi connectivity index (χ1) is 8.06. The highest BCUT2D eigenvalue weighted by Gasteiger charge is 2.33.